The quantitative estimate of drug-likeness (QED) is 0.922. The van der Waals surface area contributed by atoms with E-state index in [0.717, 1.165) is 37.0 Å². The molecule has 1 saturated heterocycles. The molecule has 3 atom stereocenters. The largest absolute Gasteiger partial charge is 0.330 e. The van der Waals surface area contributed by atoms with E-state index >= 15 is 0 Å². The zero-order valence-electron chi connectivity index (χ0n) is 12.3. The first kappa shape index (κ1) is 15.7. The van der Waals surface area contributed by atoms with Crippen LogP contribution in [0.2, 0.25) is 5.02 Å². The molecule has 2 N–H and O–H groups in total. The highest BCUT2D eigenvalue weighted by Crippen LogP contribution is 2.26. The van der Waals surface area contributed by atoms with Gasteiger partial charge in [0, 0.05) is 32.1 Å². The van der Waals surface area contributed by atoms with Gasteiger partial charge in [-0.1, -0.05) is 31.5 Å². The predicted octanol–water partition coefficient (Wildman–Crippen LogP) is 3.50. The van der Waals surface area contributed by atoms with Gasteiger partial charge in [-0.2, -0.15) is 0 Å². The maximum atomic E-state index is 13.3. The van der Waals surface area contributed by atoms with Crippen LogP contribution in [0, 0.1) is 17.7 Å². The molecule has 0 bridgehead atoms. The number of rotatable bonds is 4. The highest BCUT2D eigenvalue weighted by atomic mass is 35.5. The SMILES string of the molecule is CC1CC(C)CN(CC(CN)c2ccc(F)c(Cl)c2)C1. The molecule has 2 nitrogen and oxygen atoms in total. The number of hydrogen-bond donors (Lipinski definition) is 1. The van der Waals surface area contributed by atoms with Crippen molar-refractivity contribution < 1.29 is 4.39 Å². The molecule has 1 aromatic rings. The van der Waals surface area contributed by atoms with Gasteiger partial charge in [0.1, 0.15) is 5.82 Å². The summed E-state index contributed by atoms with van der Waals surface area (Å²) in [4.78, 5) is 2.48. The van der Waals surface area contributed by atoms with E-state index in [0.29, 0.717) is 6.54 Å². The summed E-state index contributed by atoms with van der Waals surface area (Å²) in [5.41, 5.74) is 6.95. The van der Waals surface area contributed by atoms with Crippen LogP contribution in [0.4, 0.5) is 4.39 Å². The third-order valence-electron chi connectivity index (χ3n) is 4.12. The van der Waals surface area contributed by atoms with Crippen molar-refractivity contribution in [3.63, 3.8) is 0 Å². The monoisotopic (exact) mass is 298 g/mol. The molecule has 1 aliphatic heterocycles. The Morgan fingerprint density at radius 1 is 1.35 bits per heavy atom. The number of nitrogens with zero attached hydrogens (tertiary/aromatic N) is 1. The number of halogens is 2. The van der Waals surface area contributed by atoms with Crippen molar-refractivity contribution >= 4 is 11.6 Å². The fourth-order valence-corrected chi connectivity index (χ4v) is 3.52. The Balaban J connectivity index is 2.06. The van der Waals surface area contributed by atoms with Gasteiger partial charge in [0.15, 0.2) is 0 Å². The summed E-state index contributed by atoms with van der Waals surface area (Å²) in [7, 11) is 0. The zero-order valence-corrected chi connectivity index (χ0v) is 13.0. The number of hydrogen-bond acceptors (Lipinski definition) is 2. The summed E-state index contributed by atoms with van der Waals surface area (Å²) in [6.07, 6.45) is 1.30. The number of nitrogens with two attached hydrogens (primary N) is 1. The van der Waals surface area contributed by atoms with Crippen molar-refractivity contribution in [3.8, 4) is 0 Å². The summed E-state index contributed by atoms with van der Waals surface area (Å²) in [5, 5.41) is 0.182. The van der Waals surface area contributed by atoms with Gasteiger partial charge in [-0.15, -0.1) is 0 Å². The first-order chi connectivity index (χ1) is 9.49. The minimum Gasteiger partial charge on any atom is -0.330 e. The Hall–Kier alpha value is -0.640. The van der Waals surface area contributed by atoms with Gasteiger partial charge in [-0.3, -0.25) is 0 Å². The van der Waals surface area contributed by atoms with Crippen LogP contribution in [0.5, 0.6) is 0 Å². The minimum atomic E-state index is -0.369. The smallest absolute Gasteiger partial charge is 0.141 e. The van der Waals surface area contributed by atoms with Gasteiger partial charge in [-0.05, 0) is 36.0 Å². The van der Waals surface area contributed by atoms with E-state index in [1.807, 2.05) is 0 Å². The molecule has 2 rings (SSSR count). The predicted molar refractivity (Wildman–Crippen MR) is 82.6 cm³/mol. The van der Waals surface area contributed by atoms with Gasteiger partial charge in [0.05, 0.1) is 5.02 Å². The molecule has 1 fully saturated rings. The molecule has 0 aliphatic carbocycles. The average Bonchev–Trinajstić information content (AvgIpc) is 2.38. The van der Waals surface area contributed by atoms with Gasteiger partial charge >= 0.3 is 0 Å². The van der Waals surface area contributed by atoms with Crippen LogP contribution >= 0.6 is 11.6 Å². The molecule has 0 saturated carbocycles. The molecule has 112 valence electrons. The number of benzene rings is 1. The van der Waals surface area contributed by atoms with Gasteiger partial charge in [0.25, 0.3) is 0 Å². The van der Waals surface area contributed by atoms with E-state index < -0.39 is 0 Å². The lowest BCUT2D eigenvalue weighted by molar-refractivity contribution is 0.134. The Kier molecular flexibility index (Phi) is 5.42. The minimum absolute atomic E-state index is 0.182. The molecule has 1 aliphatic rings. The average molecular weight is 299 g/mol. The molecule has 0 amide bonds. The first-order valence-corrected chi connectivity index (χ1v) is 7.74. The summed E-state index contributed by atoms with van der Waals surface area (Å²) in [6, 6.07) is 4.95. The highest BCUT2D eigenvalue weighted by Gasteiger charge is 2.24. The number of piperidine rings is 1. The Bertz CT molecular complexity index is 442. The van der Waals surface area contributed by atoms with E-state index in [-0.39, 0.29) is 16.8 Å². The standard InChI is InChI=1S/C16H24ClFN2/c1-11-5-12(2)9-20(8-11)10-14(7-19)13-3-4-16(18)15(17)6-13/h3-4,6,11-12,14H,5,7-10,19H2,1-2H3. The molecule has 0 radical (unpaired) electrons. The Morgan fingerprint density at radius 3 is 2.55 bits per heavy atom. The highest BCUT2D eigenvalue weighted by molar-refractivity contribution is 6.30. The summed E-state index contributed by atoms with van der Waals surface area (Å²) < 4.78 is 13.3. The van der Waals surface area contributed by atoms with E-state index in [9.17, 15) is 4.39 Å². The van der Waals surface area contributed by atoms with Gasteiger partial charge in [-0.25, -0.2) is 4.39 Å². The second kappa shape index (κ2) is 6.88. The van der Waals surface area contributed by atoms with Crippen LogP contribution in [0.25, 0.3) is 0 Å². The van der Waals surface area contributed by atoms with Crippen LogP contribution in [0.1, 0.15) is 31.7 Å². The second-order valence-electron chi connectivity index (χ2n) is 6.27. The summed E-state index contributed by atoms with van der Waals surface area (Å²) in [5.74, 6) is 1.31. The van der Waals surface area contributed by atoms with Crippen LogP contribution < -0.4 is 5.73 Å². The molecular weight excluding hydrogens is 275 g/mol. The van der Waals surface area contributed by atoms with Gasteiger partial charge < -0.3 is 10.6 Å². The molecule has 1 heterocycles. The van der Waals surface area contributed by atoms with E-state index in [2.05, 4.69) is 18.7 Å². The van der Waals surface area contributed by atoms with Crippen molar-refractivity contribution in [3.05, 3.63) is 34.6 Å². The van der Waals surface area contributed by atoms with E-state index in [1.54, 1.807) is 12.1 Å². The third kappa shape index (κ3) is 3.94. The normalized spacial score (nSPS) is 25.6. The lowest BCUT2D eigenvalue weighted by Crippen LogP contribution is -2.41. The topological polar surface area (TPSA) is 29.3 Å². The van der Waals surface area contributed by atoms with Crippen LogP contribution in [0.15, 0.2) is 18.2 Å². The summed E-state index contributed by atoms with van der Waals surface area (Å²) in [6.45, 7) is 8.32. The maximum absolute atomic E-state index is 13.3. The Morgan fingerprint density at radius 2 is 2.00 bits per heavy atom. The van der Waals surface area contributed by atoms with E-state index in [4.69, 9.17) is 17.3 Å². The molecule has 3 unspecified atom stereocenters. The zero-order chi connectivity index (χ0) is 14.7. The number of likely N-dealkylation sites (tertiary alicyclic amines) is 1. The lowest BCUT2D eigenvalue weighted by atomic mass is 9.90. The molecule has 0 aromatic heterocycles. The molecular formula is C16H24ClFN2. The van der Waals surface area contributed by atoms with E-state index in [1.165, 1.54) is 12.5 Å². The molecule has 20 heavy (non-hydrogen) atoms. The fourth-order valence-electron chi connectivity index (χ4n) is 3.34. The lowest BCUT2D eigenvalue weighted by Gasteiger charge is -2.37. The van der Waals surface area contributed by atoms with Gasteiger partial charge in [0.2, 0.25) is 0 Å². The van der Waals surface area contributed by atoms with Crippen LogP contribution in [-0.4, -0.2) is 31.1 Å². The second-order valence-corrected chi connectivity index (χ2v) is 6.68. The van der Waals surface area contributed by atoms with Crippen LogP contribution in [-0.2, 0) is 0 Å². The van der Waals surface area contributed by atoms with Crippen molar-refractivity contribution in [2.24, 2.45) is 17.6 Å². The molecule has 1 aromatic carbocycles. The van der Waals surface area contributed by atoms with Crippen molar-refractivity contribution in [2.45, 2.75) is 26.2 Å². The molecule has 4 heteroatoms. The van der Waals surface area contributed by atoms with Crippen molar-refractivity contribution in [2.75, 3.05) is 26.2 Å². The van der Waals surface area contributed by atoms with Crippen molar-refractivity contribution in [1.29, 1.82) is 0 Å². The van der Waals surface area contributed by atoms with Crippen LogP contribution in [0.3, 0.4) is 0 Å². The molecule has 0 spiro atoms. The third-order valence-corrected chi connectivity index (χ3v) is 4.41. The first-order valence-electron chi connectivity index (χ1n) is 7.37. The Labute approximate surface area is 126 Å². The fraction of sp³-hybridized carbons (Fsp3) is 0.625. The maximum Gasteiger partial charge on any atom is 0.141 e. The summed E-state index contributed by atoms with van der Waals surface area (Å²) >= 11 is 5.87. The van der Waals surface area contributed by atoms with Crippen molar-refractivity contribution in [1.82, 2.24) is 4.90 Å².